The highest BCUT2D eigenvalue weighted by atomic mass is 35.5. The van der Waals surface area contributed by atoms with E-state index in [1.807, 2.05) is 18.2 Å². The number of amides is 3. The number of halogens is 1. The SMILES string of the molecule is CC1(C)C(=O)N(c2ccc(SCCN3CCOCC3)c(Cl)c2)C(=O)N1Cc1ccncc1. The van der Waals surface area contributed by atoms with E-state index < -0.39 is 5.54 Å². The first-order chi connectivity index (χ1) is 15.4. The molecule has 1 aromatic heterocycles. The summed E-state index contributed by atoms with van der Waals surface area (Å²) in [4.78, 5) is 36.5. The third-order valence-corrected chi connectivity index (χ3v) is 7.33. The molecule has 0 N–H and O–H groups in total. The molecule has 3 heterocycles. The van der Waals surface area contributed by atoms with Gasteiger partial charge in [-0.3, -0.25) is 14.7 Å². The minimum Gasteiger partial charge on any atom is -0.379 e. The number of hydrogen-bond acceptors (Lipinski definition) is 6. The van der Waals surface area contributed by atoms with Crippen molar-refractivity contribution in [2.45, 2.75) is 30.8 Å². The van der Waals surface area contributed by atoms with Gasteiger partial charge in [0, 0.05) is 49.2 Å². The van der Waals surface area contributed by atoms with E-state index in [4.69, 9.17) is 16.3 Å². The number of anilines is 1. The van der Waals surface area contributed by atoms with Crippen molar-refractivity contribution in [1.82, 2.24) is 14.8 Å². The molecule has 4 rings (SSSR count). The van der Waals surface area contributed by atoms with Crippen molar-refractivity contribution in [2.24, 2.45) is 0 Å². The van der Waals surface area contributed by atoms with Gasteiger partial charge in [-0.05, 0) is 49.7 Å². The number of rotatable bonds is 7. The largest absolute Gasteiger partial charge is 0.379 e. The number of carbonyl (C=O) groups excluding carboxylic acids is 2. The molecule has 3 amide bonds. The summed E-state index contributed by atoms with van der Waals surface area (Å²) in [5.74, 6) is 0.647. The standard InChI is InChI=1S/C23H27ClN4O3S/c1-23(2)21(29)28(22(30)27(23)16-17-5-7-25-8-6-17)18-3-4-20(19(24)15-18)32-14-11-26-9-12-31-13-10-26/h3-8,15H,9-14,16H2,1-2H3. The summed E-state index contributed by atoms with van der Waals surface area (Å²) in [7, 11) is 0. The molecule has 0 bridgehead atoms. The lowest BCUT2D eigenvalue weighted by atomic mass is 10.0. The smallest absolute Gasteiger partial charge is 0.332 e. The molecule has 170 valence electrons. The Morgan fingerprint density at radius 2 is 1.84 bits per heavy atom. The summed E-state index contributed by atoms with van der Waals surface area (Å²) >= 11 is 8.21. The first kappa shape index (κ1) is 23.0. The van der Waals surface area contributed by atoms with E-state index >= 15 is 0 Å². The van der Waals surface area contributed by atoms with E-state index in [0.717, 1.165) is 49.1 Å². The predicted octanol–water partition coefficient (Wildman–Crippen LogP) is 3.91. The lowest BCUT2D eigenvalue weighted by molar-refractivity contribution is -0.123. The zero-order valence-corrected chi connectivity index (χ0v) is 19.9. The molecule has 9 heteroatoms. The molecule has 0 aliphatic carbocycles. The number of ether oxygens (including phenoxy) is 1. The van der Waals surface area contributed by atoms with Crippen LogP contribution in [0.4, 0.5) is 10.5 Å². The second kappa shape index (κ2) is 9.79. The fourth-order valence-electron chi connectivity index (χ4n) is 3.85. The van der Waals surface area contributed by atoms with Crippen molar-refractivity contribution < 1.29 is 14.3 Å². The zero-order valence-electron chi connectivity index (χ0n) is 18.3. The van der Waals surface area contributed by atoms with Crippen LogP contribution in [-0.2, 0) is 16.1 Å². The number of nitrogens with zero attached hydrogens (tertiary/aromatic N) is 4. The first-order valence-electron chi connectivity index (χ1n) is 10.7. The second-order valence-electron chi connectivity index (χ2n) is 8.34. The molecule has 2 aliphatic heterocycles. The molecule has 1 aromatic carbocycles. The van der Waals surface area contributed by atoms with Gasteiger partial charge in [0.15, 0.2) is 0 Å². The van der Waals surface area contributed by atoms with E-state index in [1.54, 1.807) is 55.0 Å². The quantitative estimate of drug-likeness (QED) is 0.448. The van der Waals surface area contributed by atoms with Gasteiger partial charge in [-0.25, -0.2) is 9.69 Å². The van der Waals surface area contributed by atoms with Gasteiger partial charge in [-0.15, -0.1) is 11.8 Å². The summed E-state index contributed by atoms with van der Waals surface area (Å²) in [5, 5.41) is 0.542. The molecule has 2 fully saturated rings. The van der Waals surface area contributed by atoms with Crippen LogP contribution in [0.3, 0.4) is 0 Å². The minimum atomic E-state index is -0.960. The van der Waals surface area contributed by atoms with Crippen LogP contribution in [0, 0.1) is 0 Å². The second-order valence-corrected chi connectivity index (χ2v) is 9.88. The van der Waals surface area contributed by atoms with E-state index in [2.05, 4.69) is 9.88 Å². The third-order valence-electron chi connectivity index (χ3n) is 5.86. The van der Waals surface area contributed by atoms with Gasteiger partial charge in [0.05, 0.1) is 23.9 Å². The van der Waals surface area contributed by atoms with Crippen LogP contribution in [-0.4, -0.2) is 70.9 Å². The fourth-order valence-corrected chi connectivity index (χ4v) is 5.12. The average molecular weight is 475 g/mol. The summed E-state index contributed by atoms with van der Waals surface area (Å²) < 4.78 is 5.38. The number of aromatic nitrogens is 1. The van der Waals surface area contributed by atoms with Crippen LogP contribution in [0.2, 0.25) is 5.02 Å². The van der Waals surface area contributed by atoms with E-state index in [-0.39, 0.29) is 11.9 Å². The van der Waals surface area contributed by atoms with Crippen molar-refractivity contribution in [2.75, 3.05) is 43.5 Å². The number of carbonyl (C=O) groups is 2. The molecule has 2 saturated heterocycles. The molecule has 2 aromatic rings. The topological polar surface area (TPSA) is 66.0 Å². The molecular weight excluding hydrogens is 448 g/mol. The van der Waals surface area contributed by atoms with Gasteiger partial charge >= 0.3 is 6.03 Å². The van der Waals surface area contributed by atoms with Crippen molar-refractivity contribution in [3.63, 3.8) is 0 Å². The maximum Gasteiger partial charge on any atom is 0.332 e. The number of thioether (sulfide) groups is 1. The van der Waals surface area contributed by atoms with Gasteiger partial charge in [0.2, 0.25) is 0 Å². The minimum absolute atomic E-state index is 0.264. The summed E-state index contributed by atoms with van der Waals surface area (Å²) in [6, 6.07) is 8.74. The number of morpholine rings is 1. The van der Waals surface area contributed by atoms with Gasteiger partial charge in [-0.2, -0.15) is 0 Å². The van der Waals surface area contributed by atoms with Crippen LogP contribution >= 0.6 is 23.4 Å². The van der Waals surface area contributed by atoms with Crippen LogP contribution in [0.1, 0.15) is 19.4 Å². The van der Waals surface area contributed by atoms with Gasteiger partial charge in [-0.1, -0.05) is 11.6 Å². The van der Waals surface area contributed by atoms with Gasteiger partial charge in [0.1, 0.15) is 5.54 Å². The Hall–Kier alpha value is -2.13. The van der Waals surface area contributed by atoms with Crippen LogP contribution in [0.15, 0.2) is 47.6 Å². The lowest BCUT2D eigenvalue weighted by Crippen LogP contribution is -2.43. The van der Waals surface area contributed by atoms with Crippen LogP contribution in [0.25, 0.3) is 0 Å². The number of pyridine rings is 1. The number of hydrogen-bond donors (Lipinski definition) is 0. The molecule has 0 atom stereocenters. The Labute approximate surface area is 197 Å². The molecule has 32 heavy (non-hydrogen) atoms. The molecular formula is C23H27ClN4O3S. The molecule has 0 radical (unpaired) electrons. The lowest BCUT2D eigenvalue weighted by Gasteiger charge is -2.27. The van der Waals surface area contributed by atoms with Crippen molar-refractivity contribution in [3.8, 4) is 0 Å². The van der Waals surface area contributed by atoms with E-state index in [1.165, 1.54) is 4.90 Å². The number of imide groups is 1. The zero-order chi connectivity index (χ0) is 22.7. The highest BCUT2D eigenvalue weighted by Crippen LogP contribution is 2.36. The predicted molar refractivity (Wildman–Crippen MR) is 126 cm³/mol. The highest BCUT2D eigenvalue weighted by Gasteiger charge is 2.51. The first-order valence-corrected chi connectivity index (χ1v) is 12.0. The summed E-state index contributed by atoms with van der Waals surface area (Å²) in [6.45, 7) is 8.32. The Morgan fingerprint density at radius 1 is 1.12 bits per heavy atom. The van der Waals surface area contributed by atoms with Crippen LogP contribution < -0.4 is 4.90 Å². The molecule has 2 aliphatic rings. The normalized spacial score (nSPS) is 19.1. The number of benzene rings is 1. The number of urea groups is 1. The van der Waals surface area contributed by atoms with Gasteiger partial charge in [0.25, 0.3) is 5.91 Å². The van der Waals surface area contributed by atoms with E-state index in [0.29, 0.717) is 17.3 Å². The van der Waals surface area contributed by atoms with Crippen LogP contribution in [0.5, 0.6) is 0 Å². The molecule has 0 unspecified atom stereocenters. The molecule has 0 saturated carbocycles. The average Bonchev–Trinajstić information content (AvgIpc) is 2.96. The monoisotopic (exact) mass is 474 g/mol. The maximum atomic E-state index is 13.2. The Bertz CT molecular complexity index is 982. The van der Waals surface area contributed by atoms with Crippen molar-refractivity contribution in [3.05, 3.63) is 53.3 Å². The summed E-state index contributed by atoms with van der Waals surface area (Å²) in [5.41, 5.74) is 0.451. The maximum absolute atomic E-state index is 13.2. The Morgan fingerprint density at radius 3 is 2.53 bits per heavy atom. The Kier molecular flexibility index (Phi) is 7.05. The van der Waals surface area contributed by atoms with Crippen molar-refractivity contribution in [1.29, 1.82) is 0 Å². The van der Waals surface area contributed by atoms with Gasteiger partial charge < -0.3 is 9.64 Å². The highest BCUT2D eigenvalue weighted by molar-refractivity contribution is 7.99. The van der Waals surface area contributed by atoms with E-state index in [9.17, 15) is 9.59 Å². The third kappa shape index (κ3) is 4.78. The summed E-state index contributed by atoms with van der Waals surface area (Å²) in [6.07, 6.45) is 3.36. The Balaban J connectivity index is 1.45. The van der Waals surface area contributed by atoms with Crippen molar-refractivity contribution >= 4 is 41.0 Å². The molecule has 7 nitrogen and oxygen atoms in total. The molecule has 0 spiro atoms. The fraction of sp³-hybridized carbons (Fsp3) is 0.435.